The molecule has 1 aliphatic heterocycles. The number of carbonyl (C=O) groups excluding carboxylic acids is 1. The van der Waals surface area contributed by atoms with E-state index in [1.807, 2.05) is 0 Å². The van der Waals surface area contributed by atoms with Crippen LogP contribution in [0.2, 0.25) is 0 Å². The second-order valence-electron chi connectivity index (χ2n) is 8.99. The molecule has 0 spiro atoms. The molecule has 4 atom stereocenters. The summed E-state index contributed by atoms with van der Waals surface area (Å²) in [7, 11) is -6.09. The van der Waals surface area contributed by atoms with Gasteiger partial charge in [-0.25, -0.2) is 23.0 Å². The number of nitrogens with zero attached hydrogens (tertiary/aromatic N) is 5. The molecule has 3 N–H and O–H groups in total. The molecule has 0 bridgehead atoms. The summed E-state index contributed by atoms with van der Waals surface area (Å²) in [5.74, 6) is -0.646. The Labute approximate surface area is 240 Å². The summed E-state index contributed by atoms with van der Waals surface area (Å²) in [5.41, 5.74) is -5.81. The third-order valence-electron chi connectivity index (χ3n) is 6.33. The number of esters is 1. The zero-order valence-corrected chi connectivity index (χ0v) is 23.4. The van der Waals surface area contributed by atoms with Crippen molar-refractivity contribution in [3.63, 3.8) is 0 Å². The number of aromatic nitrogens is 5. The average molecular weight is 640 g/mol. The van der Waals surface area contributed by atoms with E-state index in [1.165, 1.54) is 27.7 Å². The van der Waals surface area contributed by atoms with Crippen molar-refractivity contribution >= 4 is 27.3 Å². The average Bonchev–Trinajstić information content (AvgIpc) is 3.49. The maximum absolute atomic E-state index is 12.8. The lowest BCUT2D eigenvalue weighted by molar-refractivity contribution is -0.765. The minimum absolute atomic E-state index is 0.0656. The minimum Gasteiger partial charge on any atom is -0.741 e. The van der Waals surface area contributed by atoms with E-state index in [0.717, 1.165) is 4.57 Å². The van der Waals surface area contributed by atoms with Crippen LogP contribution >= 0.6 is 0 Å². The number of pyridine rings is 1. The topological polar surface area (TPSA) is 219 Å². The Balaban J connectivity index is 0.000000557. The predicted octanol–water partition coefficient (Wildman–Crippen LogP) is -1.79. The standard InChI is InChI=1S/C22H28N5O8.CHF3O3S/c1-3-26-18-15(19(31)27(4-2)22(26)33)25(12-23-18)8-9-34-21(32)13-6-5-7-24(10-13)20-17(30)16(29)14(11-28)35-20;2-1(3,4)8(5,6)7/h5-7,10,12,14,16-17,20,28-30H,3-4,8-9,11H2,1-2H3;(H,5,6,7)/q+1;/p-1/t14-,16-,17-,20-;/m1./s1. The summed E-state index contributed by atoms with van der Waals surface area (Å²) in [6.45, 7) is 3.69. The maximum Gasteiger partial charge on any atom is 0.485 e. The van der Waals surface area contributed by atoms with Crippen molar-refractivity contribution in [1.29, 1.82) is 0 Å². The summed E-state index contributed by atoms with van der Waals surface area (Å²) >= 11 is 0. The van der Waals surface area contributed by atoms with E-state index < -0.39 is 64.0 Å². The van der Waals surface area contributed by atoms with Crippen LogP contribution in [0.3, 0.4) is 0 Å². The fraction of sp³-hybridized carbons (Fsp3) is 0.522. The highest BCUT2D eigenvalue weighted by atomic mass is 32.2. The number of carbonyl (C=O) groups is 1. The first-order valence-electron chi connectivity index (χ1n) is 12.6. The Morgan fingerprint density at radius 3 is 2.35 bits per heavy atom. The molecule has 0 saturated carbocycles. The third-order valence-corrected chi connectivity index (χ3v) is 6.90. The molecular weight excluding hydrogens is 611 g/mol. The molecule has 16 nitrogen and oxygen atoms in total. The lowest BCUT2D eigenvalue weighted by Crippen LogP contribution is -2.46. The Morgan fingerprint density at radius 1 is 1.19 bits per heavy atom. The summed E-state index contributed by atoms with van der Waals surface area (Å²) in [6, 6.07) is 3.08. The number of ether oxygens (including phenoxy) is 2. The van der Waals surface area contributed by atoms with Gasteiger partial charge in [-0.1, -0.05) is 0 Å². The number of aliphatic hydroxyl groups excluding tert-OH is 3. The van der Waals surface area contributed by atoms with E-state index >= 15 is 0 Å². The van der Waals surface area contributed by atoms with Gasteiger partial charge in [0.05, 0.1) is 19.5 Å². The van der Waals surface area contributed by atoms with Gasteiger partial charge in [-0.3, -0.25) is 13.9 Å². The molecule has 43 heavy (non-hydrogen) atoms. The number of rotatable bonds is 8. The molecule has 238 valence electrons. The van der Waals surface area contributed by atoms with Gasteiger partial charge in [0.15, 0.2) is 39.8 Å². The fourth-order valence-corrected chi connectivity index (χ4v) is 4.19. The number of alkyl halides is 3. The Bertz CT molecular complexity index is 1690. The SMILES string of the molecule is CCn1c(=O)c2c(ncn2CCOC(=O)c2ccc[n+]([C@@H]3O[C@H](CO)[C@@H](O)[C@H]3O)c2)n(CC)c1=O.O=S(=O)([O-])C(F)(F)F. The summed E-state index contributed by atoms with van der Waals surface area (Å²) < 4.78 is 75.3. The van der Waals surface area contributed by atoms with Crippen molar-refractivity contribution in [2.24, 2.45) is 0 Å². The molecule has 1 fully saturated rings. The molecule has 4 rings (SSSR count). The van der Waals surface area contributed by atoms with Crippen LogP contribution < -0.4 is 15.8 Å². The summed E-state index contributed by atoms with van der Waals surface area (Å²) in [6.07, 6.45) is -0.0710. The molecule has 20 heteroatoms. The Hall–Kier alpha value is -3.69. The van der Waals surface area contributed by atoms with Crippen LogP contribution in [0.15, 0.2) is 40.4 Å². The molecular formula is C23H28F3N5O11S. The van der Waals surface area contributed by atoms with Gasteiger partial charge in [-0.15, -0.1) is 0 Å². The number of imidazole rings is 1. The number of aryl methyl sites for hydroxylation is 1. The van der Waals surface area contributed by atoms with E-state index in [-0.39, 0.29) is 36.4 Å². The highest BCUT2D eigenvalue weighted by Gasteiger charge is 2.48. The van der Waals surface area contributed by atoms with Crippen molar-refractivity contribution in [2.45, 2.75) is 63.5 Å². The minimum atomic E-state index is -6.09. The summed E-state index contributed by atoms with van der Waals surface area (Å²) in [5, 5.41) is 29.4. The van der Waals surface area contributed by atoms with Crippen LogP contribution in [0.4, 0.5) is 13.2 Å². The van der Waals surface area contributed by atoms with Gasteiger partial charge in [0, 0.05) is 19.2 Å². The lowest BCUT2D eigenvalue weighted by Gasteiger charge is -2.11. The van der Waals surface area contributed by atoms with E-state index in [0.29, 0.717) is 6.54 Å². The molecule has 3 aromatic heterocycles. The smallest absolute Gasteiger partial charge is 0.485 e. The van der Waals surface area contributed by atoms with Crippen LogP contribution in [0.5, 0.6) is 0 Å². The number of fused-ring (bicyclic) bond motifs is 1. The van der Waals surface area contributed by atoms with Crippen molar-refractivity contribution < 1.29 is 60.3 Å². The molecule has 3 aromatic rings. The first-order valence-corrected chi connectivity index (χ1v) is 14.0. The first kappa shape index (κ1) is 33.8. The quantitative estimate of drug-likeness (QED) is 0.108. The highest BCUT2D eigenvalue weighted by molar-refractivity contribution is 7.86. The highest BCUT2D eigenvalue weighted by Crippen LogP contribution is 2.25. The van der Waals surface area contributed by atoms with Crippen LogP contribution in [0.25, 0.3) is 11.2 Å². The van der Waals surface area contributed by atoms with Crippen molar-refractivity contribution in [3.8, 4) is 0 Å². The van der Waals surface area contributed by atoms with E-state index in [9.17, 15) is 42.9 Å². The zero-order valence-electron chi connectivity index (χ0n) is 22.6. The predicted molar refractivity (Wildman–Crippen MR) is 135 cm³/mol. The number of halogens is 3. The number of aliphatic hydroxyl groups is 3. The molecule has 0 unspecified atom stereocenters. The normalized spacial score (nSPS) is 20.6. The number of hydrogen-bond acceptors (Lipinski definition) is 12. The van der Waals surface area contributed by atoms with Crippen molar-refractivity contribution in [1.82, 2.24) is 18.7 Å². The molecule has 0 aliphatic carbocycles. The largest absolute Gasteiger partial charge is 0.741 e. The van der Waals surface area contributed by atoms with Crippen LogP contribution in [0.1, 0.15) is 30.4 Å². The van der Waals surface area contributed by atoms with Gasteiger partial charge in [-0.2, -0.15) is 17.7 Å². The van der Waals surface area contributed by atoms with E-state index in [4.69, 9.17) is 22.4 Å². The molecule has 0 amide bonds. The molecule has 0 aromatic carbocycles. The van der Waals surface area contributed by atoms with Gasteiger partial charge in [-0.05, 0) is 19.9 Å². The Morgan fingerprint density at radius 2 is 1.81 bits per heavy atom. The van der Waals surface area contributed by atoms with E-state index in [1.54, 1.807) is 30.7 Å². The second-order valence-corrected chi connectivity index (χ2v) is 10.4. The molecule has 1 saturated heterocycles. The first-order chi connectivity index (χ1) is 20.1. The van der Waals surface area contributed by atoms with Gasteiger partial charge in [0.25, 0.3) is 11.8 Å². The molecule has 0 radical (unpaired) electrons. The van der Waals surface area contributed by atoms with E-state index in [2.05, 4.69) is 4.98 Å². The van der Waals surface area contributed by atoms with Crippen LogP contribution in [0, 0.1) is 0 Å². The maximum atomic E-state index is 12.8. The third kappa shape index (κ3) is 7.11. The van der Waals surface area contributed by atoms with Crippen LogP contribution in [-0.4, -0.2) is 90.0 Å². The van der Waals surface area contributed by atoms with Gasteiger partial charge < -0.3 is 33.9 Å². The fourth-order valence-electron chi connectivity index (χ4n) is 4.19. The van der Waals surface area contributed by atoms with Crippen molar-refractivity contribution in [3.05, 3.63) is 57.3 Å². The lowest BCUT2D eigenvalue weighted by atomic mass is 10.1. The summed E-state index contributed by atoms with van der Waals surface area (Å²) in [4.78, 5) is 42.1. The van der Waals surface area contributed by atoms with Gasteiger partial charge in [0.1, 0.15) is 24.4 Å². The molecule has 1 aliphatic rings. The van der Waals surface area contributed by atoms with Gasteiger partial charge in [0.2, 0.25) is 0 Å². The second kappa shape index (κ2) is 13.3. The zero-order chi connectivity index (χ0) is 32.3. The monoisotopic (exact) mass is 639 g/mol. The Kier molecular flexibility index (Phi) is 10.5. The number of hydrogen-bond donors (Lipinski definition) is 3. The van der Waals surface area contributed by atoms with Gasteiger partial charge >= 0.3 is 17.2 Å². The molecule has 4 heterocycles. The van der Waals surface area contributed by atoms with Crippen molar-refractivity contribution in [2.75, 3.05) is 13.2 Å². The van der Waals surface area contributed by atoms with Crippen LogP contribution in [-0.2, 0) is 39.2 Å².